The maximum absolute atomic E-state index is 12.4. The number of hydrogen-bond donors (Lipinski definition) is 2. The van der Waals surface area contributed by atoms with Crippen molar-refractivity contribution in [1.82, 2.24) is 15.2 Å². The number of rotatable bonds is 6. The molecule has 0 bridgehead atoms. The van der Waals surface area contributed by atoms with Gasteiger partial charge in [0.1, 0.15) is 9.84 Å². The largest absolute Gasteiger partial charge is 0.365 e. The van der Waals surface area contributed by atoms with E-state index < -0.39 is 9.84 Å². The van der Waals surface area contributed by atoms with Gasteiger partial charge in [0.15, 0.2) is 0 Å². The smallest absolute Gasteiger partial charge is 0.253 e. The lowest BCUT2D eigenvalue weighted by Gasteiger charge is -2.23. The number of carbonyl (C=O) groups is 1. The Bertz CT molecular complexity index is 657. The molecular formula is C16H28ClN3O3S. The summed E-state index contributed by atoms with van der Waals surface area (Å²) in [5, 5.41) is 3.13. The van der Waals surface area contributed by atoms with Crippen LogP contribution in [0.3, 0.4) is 0 Å². The Balaban J connectivity index is 0.00000288. The molecule has 1 aromatic heterocycles. The van der Waals surface area contributed by atoms with Crippen LogP contribution < -0.4 is 5.32 Å². The summed E-state index contributed by atoms with van der Waals surface area (Å²) in [5.74, 6) is 0.855. The topological polar surface area (TPSA) is 82.3 Å². The summed E-state index contributed by atoms with van der Waals surface area (Å²) in [6.45, 7) is 8.22. The van der Waals surface area contributed by atoms with Crippen molar-refractivity contribution in [3.63, 3.8) is 0 Å². The minimum absolute atomic E-state index is 0. The molecule has 2 heterocycles. The number of halogens is 1. The molecule has 2 atom stereocenters. The van der Waals surface area contributed by atoms with Gasteiger partial charge in [0, 0.05) is 43.8 Å². The van der Waals surface area contributed by atoms with Gasteiger partial charge >= 0.3 is 0 Å². The number of carbonyl (C=O) groups excluding carboxylic acids is 1. The Hall–Kier alpha value is -1.05. The van der Waals surface area contributed by atoms with Crippen molar-refractivity contribution in [3.8, 4) is 0 Å². The van der Waals surface area contributed by atoms with Crippen LogP contribution >= 0.6 is 12.4 Å². The Morgan fingerprint density at radius 2 is 2.08 bits per heavy atom. The Morgan fingerprint density at radius 3 is 2.58 bits per heavy atom. The Kier molecular flexibility index (Phi) is 7.31. The molecule has 1 aliphatic rings. The molecule has 2 N–H and O–H groups in total. The normalized spacial score (nSPS) is 21.7. The third-order valence-corrected chi connectivity index (χ3v) is 5.51. The molecule has 0 spiro atoms. The summed E-state index contributed by atoms with van der Waals surface area (Å²) in [4.78, 5) is 17.6. The molecule has 138 valence electrons. The van der Waals surface area contributed by atoms with E-state index in [0.717, 1.165) is 12.2 Å². The van der Waals surface area contributed by atoms with E-state index in [1.165, 1.54) is 6.26 Å². The number of H-pyrrole nitrogens is 1. The van der Waals surface area contributed by atoms with Gasteiger partial charge in [0.05, 0.1) is 11.3 Å². The van der Waals surface area contributed by atoms with Crippen molar-refractivity contribution >= 4 is 28.2 Å². The van der Waals surface area contributed by atoms with Crippen molar-refractivity contribution in [2.75, 3.05) is 31.6 Å². The lowest BCUT2D eigenvalue weighted by molar-refractivity contribution is 0.0925. The zero-order chi connectivity index (χ0) is 17.2. The second-order valence-electron chi connectivity index (χ2n) is 6.89. The van der Waals surface area contributed by atoms with Crippen LogP contribution in [0.15, 0.2) is 12.3 Å². The van der Waals surface area contributed by atoms with Crippen LogP contribution in [0.1, 0.15) is 29.9 Å². The molecule has 2 rings (SSSR count). The molecular weight excluding hydrogens is 350 g/mol. The predicted octanol–water partition coefficient (Wildman–Crippen LogP) is 1.48. The molecule has 0 aromatic carbocycles. The SMILES string of the molecule is Cc1[nH]ccc1C(=O)N[C@H]1CN(CCS(C)(=O)=O)C[C@@H]1C(C)C.Cl. The fraction of sp³-hybridized carbons (Fsp3) is 0.688. The zero-order valence-electron chi connectivity index (χ0n) is 14.7. The van der Waals surface area contributed by atoms with E-state index in [0.29, 0.717) is 30.5 Å². The van der Waals surface area contributed by atoms with E-state index in [2.05, 4.69) is 29.0 Å². The number of nitrogens with one attached hydrogen (secondary N) is 2. The first-order valence-electron chi connectivity index (χ1n) is 8.02. The maximum atomic E-state index is 12.4. The maximum Gasteiger partial charge on any atom is 0.253 e. The van der Waals surface area contributed by atoms with E-state index in [9.17, 15) is 13.2 Å². The Labute approximate surface area is 150 Å². The highest BCUT2D eigenvalue weighted by molar-refractivity contribution is 7.90. The molecule has 0 radical (unpaired) electrons. The van der Waals surface area contributed by atoms with E-state index in [1.807, 2.05) is 6.92 Å². The molecule has 1 amide bonds. The summed E-state index contributed by atoms with van der Waals surface area (Å²) in [7, 11) is -2.96. The van der Waals surface area contributed by atoms with Gasteiger partial charge in [0.25, 0.3) is 5.91 Å². The molecule has 1 aliphatic heterocycles. The number of amides is 1. The van der Waals surface area contributed by atoms with Crippen LogP contribution in [-0.2, 0) is 9.84 Å². The molecule has 0 unspecified atom stereocenters. The van der Waals surface area contributed by atoms with Crippen LogP contribution in [0.2, 0.25) is 0 Å². The van der Waals surface area contributed by atoms with E-state index in [4.69, 9.17) is 0 Å². The van der Waals surface area contributed by atoms with Gasteiger partial charge in [-0.15, -0.1) is 12.4 Å². The predicted molar refractivity (Wildman–Crippen MR) is 98.5 cm³/mol. The Morgan fingerprint density at radius 1 is 1.42 bits per heavy atom. The van der Waals surface area contributed by atoms with Crippen molar-refractivity contribution in [2.24, 2.45) is 11.8 Å². The third kappa shape index (κ3) is 5.50. The molecule has 24 heavy (non-hydrogen) atoms. The van der Waals surface area contributed by atoms with Gasteiger partial charge in [-0.3, -0.25) is 9.69 Å². The standard InChI is InChI=1S/C16H27N3O3S.ClH/c1-11(2)14-9-19(7-8-23(4,21)22)10-15(14)18-16(20)13-5-6-17-12(13)3;/h5-6,11,14-15,17H,7-10H2,1-4H3,(H,18,20);1H/t14-,15+;/m1./s1. The van der Waals surface area contributed by atoms with Gasteiger partial charge in [-0.2, -0.15) is 0 Å². The van der Waals surface area contributed by atoms with E-state index in [1.54, 1.807) is 12.3 Å². The summed E-state index contributed by atoms with van der Waals surface area (Å²) < 4.78 is 22.7. The van der Waals surface area contributed by atoms with Crippen molar-refractivity contribution in [3.05, 3.63) is 23.5 Å². The van der Waals surface area contributed by atoms with Crippen molar-refractivity contribution < 1.29 is 13.2 Å². The lowest BCUT2D eigenvalue weighted by atomic mass is 9.91. The number of aromatic amines is 1. The molecule has 1 saturated heterocycles. The number of aryl methyl sites for hydroxylation is 1. The minimum atomic E-state index is -2.96. The number of nitrogens with zero attached hydrogens (tertiary/aromatic N) is 1. The molecule has 0 saturated carbocycles. The summed E-state index contributed by atoms with van der Waals surface area (Å²) in [6, 6.07) is 1.84. The van der Waals surface area contributed by atoms with Gasteiger partial charge in [-0.05, 0) is 24.8 Å². The van der Waals surface area contributed by atoms with Crippen molar-refractivity contribution in [1.29, 1.82) is 0 Å². The van der Waals surface area contributed by atoms with Crippen LogP contribution in [0.25, 0.3) is 0 Å². The van der Waals surface area contributed by atoms with Crippen molar-refractivity contribution in [2.45, 2.75) is 26.8 Å². The zero-order valence-corrected chi connectivity index (χ0v) is 16.3. The summed E-state index contributed by atoms with van der Waals surface area (Å²) in [6.07, 6.45) is 3.02. The van der Waals surface area contributed by atoms with Gasteiger partial charge in [-0.1, -0.05) is 13.8 Å². The molecule has 1 aromatic rings. The average Bonchev–Trinajstić information content (AvgIpc) is 3.02. The number of sulfone groups is 1. The summed E-state index contributed by atoms with van der Waals surface area (Å²) >= 11 is 0. The number of hydrogen-bond acceptors (Lipinski definition) is 4. The van der Waals surface area contributed by atoms with E-state index in [-0.39, 0.29) is 30.1 Å². The number of aromatic nitrogens is 1. The van der Waals surface area contributed by atoms with Crippen LogP contribution in [0.5, 0.6) is 0 Å². The summed E-state index contributed by atoms with van der Waals surface area (Å²) in [5.41, 5.74) is 1.53. The molecule has 6 nitrogen and oxygen atoms in total. The van der Waals surface area contributed by atoms with Gasteiger partial charge in [-0.25, -0.2) is 8.42 Å². The lowest BCUT2D eigenvalue weighted by Crippen LogP contribution is -2.42. The van der Waals surface area contributed by atoms with Crippen LogP contribution in [-0.4, -0.2) is 61.9 Å². The highest BCUT2D eigenvalue weighted by Gasteiger charge is 2.35. The molecule has 8 heteroatoms. The fourth-order valence-electron chi connectivity index (χ4n) is 3.16. The van der Waals surface area contributed by atoms with Gasteiger partial charge in [0.2, 0.25) is 0 Å². The first kappa shape index (κ1) is 21.0. The highest BCUT2D eigenvalue weighted by Crippen LogP contribution is 2.25. The molecule has 0 aliphatic carbocycles. The first-order chi connectivity index (χ1) is 10.7. The second-order valence-corrected chi connectivity index (χ2v) is 9.15. The third-order valence-electron chi connectivity index (χ3n) is 4.59. The number of likely N-dealkylation sites (tertiary alicyclic amines) is 1. The molecule has 1 fully saturated rings. The fourth-order valence-corrected chi connectivity index (χ4v) is 3.75. The highest BCUT2D eigenvalue weighted by atomic mass is 35.5. The average molecular weight is 378 g/mol. The monoisotopic (exact) mass is 377 g/mol. The minimum Gasteiger partial charge on any atom is -0.365 e. The van der Waals surface area contributed by atoms with E-state index >= 15 is 0 Å². The van der Waals surface area contributed by atoms with Gasteiger partial charge < -0.3 is 10.3 Å². The first-order valence-corrected chi connectivity index (χ1v) is 10.1. The van der Waals surface area contributed by atoms with Crippen LogP contribution in [0.4, 0.5) is 0 Å². The second kappa shape index (κ2) is 8.36. The quantitative estimate of drug-likeness (QED) is 0.786. The van der Waals surface area contributed by atoms with Crippen LogP contribution in [0, 0.1) is 18.8 Å².